The Kier molecular flexibility index (Phi) is 10.7. The summed E-state index contributed by atoms with van der Waals surface area (Å²) < 4.78 is 21.1. The molecule has 0 spiro atoms. The molecule has 8 nitrogen and oxygen atoms in total. The number of carbonyl (C=O) groups is 2. The predicted molar refractivity (Wildman–Crippen MR) is 102 cm³/mol. The van der Waals surface area contributed by atoms with E-state index in [-0.39, 0.29) is 43.5 Å². The van der Waals surface area contributed by atoms with Gasteiger partial charge in [0.1, 0.15) is 12.4 Å². The van der Waals surface area contributed by atoms with Gasteiger partial charge in [0.25, 0.3) is 0 Å². The van der Waals surface area contributed by atoms with Crippen molar-refractivity contribution in [2.24, 2.45) is 0 Å². The van der Waals surface area contributed by atoms with E-state index < -0.39 is 11.9 Å². The second-order valence-electron chi connectivity index (χ2n) is 4.70. The van der Waals surface area contributed by atoms with Crippen molar-refractivity contribution in [1.29, 1.82) is 0 Å². The van der Waals surface area contributed by atoms with Crippen molar-refractivity contribution in [3.05, 3.63) is 24.5 Å². The van der Waals surface area contributed by atoms with Gasteiger partial charge in [-0.05, 0) is 47.8 Å². The SMILES string of the molecule is COCCOCCOCCOc1c(Br)c(C(=O)O)c(Br)c(C(=O)O)c1Br. The third kappa shape index (κ3) is 6.46. The number of carboxylic acid groups (broad SMARTS) is 2. The predicted octanol–water partition coefficient (Wildman–Crippen LogP) is 3.43. The van der Waals surface area contributed by atoms with E-state index in [4.69, 9.17) is 18.9 Å². The van der Waals surface area contributed by atoms with Gasteiger partial charge in [0.15, 0.2) is 0 Å². The molecule has 0 unspecified atom stereocenters. The first-order valence-electron chi connectivity index (χ1n) is 7.27. The third-order valence-corrected chi connectivity index (χ3v) is 5.29. The fraction of sp³-hybridized carbons (Fsp3) is 0.467. The highest BCUT2D eigenvalue weighted by molar-refractivity contribution is 9.11. The van der Waals surface area contributed by atoms with Crippen LogP contribution >= 0.6 is 47.8 Å². The number of methoxy groups -OCH3 is 1. The smallest absolute Gasteiger partial charge is 0.338 e. The molecular formula is C15H17Br3O8. The third-order valence-electron chi connectivity index (χ3n) is 2.98. The molecular weight excluding hydrogens is 548 g/mol. The summed E-state index contributed by atoms with van der Waals surface area (Å²) >= 11 is 9.33. The number of aromatic carboxylic acids is 2. The van der Waals surface area contributed by atoms with Crippen molar-refractivity contribution in [3.63, 3.8) is 0 Å². The average Bonchev–Trinajstić information content (AvgIpc) is 2.55. The zero-order chi connectivity index (χ0) is 19.7. The lowest BCUT2D eigenvalue weighted by Crippen LogP contribution is -2.14. The molecule has 1 aromatic rings. The Labute approximate surface area is 175 Å². The second kappa shape index (κ2) is 11.9. The van der Waals surface area contributed by atoms with Crippen LogP contribution in [0.1, 0.15) is 20.7 Å². The lowest BCUT2D eigenvalue weighted by atomic mass is 10.1. The van der Waals surface area contributed by atoms with Gasteiger partial charge in [-0.15, -0.1) is 0 Å². The average molecular weight is 565 g/mol. The molecule has 0 aliphatic rings. The van der Waals surface area contributed by atoms with Gasteiger partial charge < -0.3 is 29.2 Å². The molecule has 0 fully saturated rings. The monoisotopic (exact) mass is 562 g/mol. The van der Waals surface area contributed by atoms with Crippen LogP contribution in [0, 0.1) is 0 Å². The number of carboxylic acids is 2. The van der Waals surface area contributed by atoms with Crippen LogP contribution in [0.3, 0.4) is 0 Å². The summed E-state index contributed by atoms with van der Waals surface area (Å²) in [4.78, 5) is 22.9. The molecule has 0 aromatic heterocycles. The van der Waals surface area contributed by atoms with Gasteiger partial charge in [0.05, 0.1) is 53.1 Å². The first kappa shape index (κ1) is 23.3. The fourth-order valence-corrected chi connectivity index (χ4v) is 4.71. The van der Waals surface area contributed by atoms with Gasteiger partial charge in [-0.3, -0.25) is 0 Å². The fourth-order valence-electron chi connectivity index (χ4n) is 1.81. The van der Waals surface area contributed by atoms with Gasteiger partial charge in [-0.2, -0.15) is 0 Å². The molecule has 0 atom stereocenters. The van der Waals surface area contributed by atoms with E-state index in [9.17, 15) is 19.8 Å². The zero-order valence-electron chi connectivity index (χ0n) is 13.7. The first-order chi connectivity index (χ1) is 12.3. The number of benzene rings is 1. The normalized spacial score (nSPS) is 10.8. The summed E-state index contributed by atoms with van der Waals surface area (Å²) in [7, 11) is 1.58. The minimum atomic E-state index is -1.30. The second-order valence-corrected chi connectivity index (χ2v) is 7.08. The highest BCUT2D eigenvalue weighted by atomic mass is 79.9. The van der Waals surface area contributed by atoms with E-state index in [0.29, 0.717) is 26.4 Å². The Hall–Kier alpha value is -0.720. The van der Waals surface area contributed by atoms with Gasteiger partial charge in [-0.1, -0.05) is 0 Å². The van der Waals surface area contributed by atoms with Crippen molar-refractivity contribution >= 4 is 59.7 Å². The van der Waals surface area contributed by atoms with Crippen LogP contribution in [-0.4, -0.2) is 68.9 Å². The van der Waals surface area contributed by atoms with E-state index in [1.807, 2.05) is 0 Å². The summed E-state index contributed by atoms with van der Waals surface area (Å²) in [5.74, 6) is -2.52. The van der Waals surface area contributed by atoms with Crippen LogP contribution in [0.4, 0.5) is 0 Å². The van der Waals surface area contributed by atoms with Crippen LogP contribution < -0.4 is 4.74 Å². The molecule has 0 saturated carbocycles. The number of ether oxygens (including phenoxy) is 4. The summed E-state index contributed by atoms with van der Waals surface area (Å²) in [5.41, 5.74) is -0.485. The molecule has 0 bridgehead atoms. The van der Waals surface area contributed by atoms with Crippen molar-refractivity contribution in [2.45, 2.75) is 0 Å². The first-order valence-corrected chi connectivity index (χ1v) is 9.65. The van der Waals surface area contributed by atoms with Gasteiger partial charge in [-0.25, -0.2) is 9.59 Å². The Balaban J connectivity index is 2.72. The Morgan fingerprint density at radius 3 is 1.62 bits per heavy atom. The Morgan fingerprint density at radius 2 is 1.19 bits per heavy atom. The molecule has 0 amide bonds. The molecule has 0 saturated heterocycles. The molecule has 0 radical (unpaired) electrons. The van der Waals surface area contributed by atoms with Crippen molar-refractivity contribution in [2.75, 3.05) is 46.8 Å². The van der Waals surface area contributed by atoms with E-state index in [0.717, 1.165) is 0 Å². The molecule has 0 heterocycles. The number of hydrogen-bond donors (Lipinski definition) is 2. The van der Waals surface area contributed by atoms with E-state index >= 15 is 0 Å². The summed E-state index contributed by atoms with van der Waals surface area (Å²) in [6.07, 6.45) is 0. The number of rotatable bonds is 12. The zero-order valence-corrected chi connectivity index (χ0v) is 18.5. The lowest BCUT2D eigenvalue weighted by molar-refractivity contribution is 0.0178. The van der Waals surface area contributed by atoms with Crippen molar-refractivity contribution < 1.29 is 38.7 Å². The Bertz CT molecular complexity index is 609. The van der Waals surface area contributed by atoms with Crippen LogP contribution in [0.2, 0.25) is 0 Å². The largest absolute Gasteiger partial charge is 0.489 e. The molecule has 146 valence electrons. The topological polar surface area (TPSA) is 112 Å². The standard InChI is InChI=1S/C15H17Br3O8/c1-23-2-3-24-4-5-25-6-7-26-13-11(17)8(14(19)20)10(16)9(12(13)18)15(21)22/h2-7H2,1H3,(H,19,20)(H,21,22). The van der Waals surface area contributed by atoms with E-state index in [2.05, 4.69) is 47.8 Å². The molecule has 26 heavy (non-hydrogen) atoms. The highest BCUT2D eigenvalue weighted by Crippen LogP contribution is 2.43. The minimum absolute atomic E-state index is 0.0620. The molecule has 0 aliphatic heterocycles. The molecule has 2 N–H and O–H groups in total. The highest BCUT2D eigenvalue weighted by Gasteiger charge is 2.28. The molecule has 11 heteroatoms. The van der Waals surface area contributed by atoms with E-state index in [1.165, 1.54) is 0 Å². The molecule has 0 aliphatic carbocycles. The maximum atomic E-state index is 11.4. The molecule has 1 rings (SSSR count). The van der Waals surface area contributed by atoms with Crippen molar-refractivity contribution in [1.82, 2.24) is 0 Å². The maximum absolute atomic E-state index is 11.4. The van der Waals surface area contributed by atoms with Gasteiger partial charge >= 0.3 is 11.9 Å². The van der Waals surface area contributed by atoms with E-state index in [1.54, 1.807) is 7.11 Å². The number of halogens is 3. The van der Waals surface area contributed by atoms with Crippen LogP contribution in [0.25, 0.3) is 0 Å². The van der Waals surface area contributed by atoms with Crippen LogP contribution in [0.5, 0.6) is 5.75 Å². The summed E-state index contributed by atoms with van der Waals surface area (Å²) in [6, 6.07) is 0. The maximum Gasteiger partial charge on any atom is 0.338 e. The van der Waals surface area contributed by atoms with Crippen molar-refractivity contribution in [3.8, 4) is 5.75 Å². The molecule has 1 aromatic carbocycles. The minimum Gasteiger partial charge on any atom is -0.489 e. The summed E-state index contributed by atoms with van der Waals surface area (Å²) in [6.45, 7) is 2.05. The van der Waals surface area contributed by atoms with Crippen LogP contribution in [-0.2, 0) is 14.2 Å². The quantitative estimate of drug-likeness (QED) is 0.372. The lowest BCUT2D eigenvalue weighted by Gasteiger charge is -2.16. The van der Waals surface area contributed by atoms with Gasteiger partial charge in [0.2, 0.25) is 0 Å². The number of hydrogen-bond acceptors (Lipinski definition) is 6. The van der Waals surface area contributed by atoms with Crippen LogP contribution in [0.15, 0.2) is 13.4 Å². The Morgan fingerprint density at radius 1 is 0.769 bits per heavy atom. The van der Waals surface area contributed by atoms with Gasteiger partial charge in [0, 0.05) is 11.6 Å². The summed E-state index contributed by atoms with van der Waals surface area (Å²) in [5, 5.41) is 18.7.